The lowest BCUT2D eigenvalue weighted by atomic mass is 9.79. The largest absolute Gasteiger partial charge is 0.366 e. The van der Waals surface area contributed by atoms with Gasteiger partial charge in [0.05, 0.1) is 5.56 Å². The quantitative estimate of drug-likeness (QED) is 0.455. The van der Waals surface area contributed by atoms with Crippen molar-refractivity contribution in [2.45, 2.75) is 59.3 Å². The summed E-state index contributed by atoms with van der Waals surface area (Å²) in [6.45, 7) is 8.45. The van der Waals surface area contributed by atoms with Gasteiger partial charge < -0.3 is 10.7 Å². The van der Waals surface area contributed by atoms with Gasteiger partial charge in [0.2, 0.25) is 0 Å². The standard InChI is InChI=1S/C13H19N.C11H9ClN2O.C2H6/c1-10-3-5-12(6-4-10)13-7-8-14-11(2)9-13;12-8-3-1-2-7(4-8)9-5-14-6-10(9)11(13)15;1-2/h7-10,12H,3-6H2,1-2H3;1-6,14H,(H2,13,15);1-2H3. The molecule has 0 atom stereocenters. The first-order chi connectivity index (χ1) is 14.9. The number of pyridine rings is 1. The van der Waals surface area contributed by atoms with Crippen LogP contribution in [0.25, 0.3) is 11.1 Å². The van der Waals surface area contributed by atoms with Gasteiger partial charge in [-0.15, -0.1) is 0 Å². The van der Waals surface area contributed by atoms with Gasteiger partial charge in [-0.2, -0.15) is 0 Å². The molecule has 0 bridgehead atoms. The fourth-order valence-electron chi connectivity index (χ4n) is 3.88. The number of rotatable bonds is 3. The van der Waals surface area contributed by atoms with Crippen LogP contribution in [-0.4, -0.2) is 15.9 Å². The topological polar surface area (TPSA) is 71.8 Å². The summed E-state index contributed by atoms with van der Waals surface area (Å²) in [7, 11) is 0. The molecule has 1 fully saturated rings. The molecule has 0 spiro atoms. The fourth-order valence-corrected chi connectivity index (χ4v) is 4.07. The average molecular weight is 440 g/mol. The second kappa shape index (κ2) is 12.3. The van der Waals surface area contributed by atoms with E-state index in [1.54, 1.807) is 24.5 Å². The highest BCUT2D eigenvalue weighted by Gasteiger charge is 2.19. The molecule has 1 amide bonds. The maximum atomic E-state index is 11.1. The zero-order chi connectivity index (χ0) is 22.8. The predicted molar refractivity (Wildman–Crippen MR) is 130 cm³/mol. The summed E-state index contributed by atoms with van der Waals surface area (Å²) in [5.41, 5.74) is 10.0. The molecule has 31 heavy (non-hydrogen) atoms. The number of nitrogens with zero attached hydrogens (tertiary/aromatic N) is 1. The van der Waals surface area contributed by atoms with E-state index in [1.807, 2.05) is 32.2 Å². The monoisotopic (exact) mass is 439 g/mol. The lowest BCUT2D eigenvalue weighted by Crippen LogP contribution is -2.10. The second-order valence-corrected chi connectivity index (χ2v) is 8.28. The van der Waals surface area contributed by atoms with Gasteiger partial charge in [-0.3, -0.25) is 9.78 Å². The maximum Gasteiger partial charge on any atom is 0.250 e. The summed E-state index contributed by atoms with van der Waals surface area (Å²) in [6.07, 6.45) is 10.8. The zero-order valence-electron chi connectivity index (χ0n) is 19.0. The van der Waals surface area contributed by atoms with Gasteiger partial charge in [0.15, 0.2) is 0 Å². The molecule has 0 saturated heterocycles. The molecule has 2 heterocycles. The van der Waals surface area contributed by atoms with Crippen molar-refractivity contribution in [1.29, 1.82) is 0 Å². The minimum atomic E-state index is -0.453. The molecule has 4 rings (SSSR count). The zero-order valence-corrected chi connectivity index (χ0v) is 19.7. The Kier molecular flexibility index (Phi) is 9.80. The molecule has 166 valence electrons. The Morgan fingerprint density at radius 3 is 2.42 bits per heavy atom. The van der Waals surface area contributed by atoms with E-state index in [1.165, 1.54) is 31.2 Å². The summed E-state index contributed by atoms with van der Waals surface area (Å²) in [4.78, 5) is 18.2. The summed E-state index contributed by atoms with van der Waals surface area (Å²) in [6, 6.07) is 11.7. The molecule has 2 aromatic heterocycles. The molecule has 1 aromatic carbocycles. The molecule has 0 unspecified atom stereocenters. The lowest BCUT2D eigenvalue weighted by molar-refractivity contribution is 0.100. The molecule has 3 aromatic rings. The minimum Gasteiger partial charge on any atom is -0.366 e. The Balaban J connectivity index is 0.000000204. The number of halogens is 1. The molecular formula is C26H34ClN3O. The van der Waals surface area contributed by atoms with Gasteiger partial charge in [-0.05, 0) is 67.0 Å². The maximum absolute atomic E-state index is 11.1. The number of hydrogen-bond acceptors (Lipinski definition) is 2. The number of aromatic nitrogens is 2. The van der Waals surface area contributed by atoms with E-state index < -0.39 is 5.91 Å². The third kappa shape index (κ3) is 7.25. The van der Waals surface area contributed by atoms with Crippen molar-refractivity contribution in [3.63, 3.8) is 0 Å². The van der Waals surface area contributed by atoms with Gasteiger partial charge in [0.25, 0.3) is 5.91 Å². The van der Waals surface area contributed by atoms with Crippen LogP contribution in [0.4, 0.5) is 0 Å². The number of H-pyrrole nitrogens is 1. The number of carbonyl (C=O) groups is 1. The van der Waals surface area contributed by atoms with Crippen LogP contribution in [-0.2, 0) is 0 Å². The Labute approximate surface area is 191 Å². The summed E-state index contributed by atoms with van der Waals surface area (Å²) in [5.74, 6) is 1.29. The van der Waals surface area contributed by atoms with Crippen molar-refractivity contribution >= 4 is 17.5 Å². The molecule has 1 aliphatic rings. The van der Waals surface area contributed by atoms with Gasteiger partial charge in [-0.1, -0.05) is 57.3 Å². The number of hydrogen-bond donors (Lipinski definition) is 2. The Bertz CT molecular complexity index is 959. The predicted octanol–water partition coefficient (Wildman–Crippen LogP) is 7.14. The molecule has 3 N–H and O–H groups in total. The van der Waals surface area contributed by atoms with E-state index in [0.29, 0.717) is 10.6 Å². The van der Waals surface area contributed by atoms with Crippen LogP contribution in [0.15, 0.2) is 55.0 Å². The van der Waals surface area contributed by atoms with Gasteiger partial charge in [0.1, 0.15) is 0 Å². The van der Waals surface area contributed by atoms with Crippen molar-refractivity contribution in [2.75, 3.05) is 0 Å². The number of nitrogens with two attached hydrogens (primary N) is 1. The number of nitrogens with one attached hydrogen (secondary N) is 1. The lowest BCUT2D eigenvalue weighted by Gasteiger charge is -2.26. The highest BCUT2D eigenvalue weighted by Crippen LogP contribution is 2.35. The van der Waals surface area contributed by atoms with Crippen LogP contribution in [0, 0.1) is 12.8 Å². The van der Waals surface area contributed by atoms with Crippen LogP contribution in [0.3, 0.4) is 0 Å². The van der Waals surface area contributed by atoms with Crippen LogP contribution >= 0.6 is 11.6 Å². The van der Waals surface area contributed by atoms with Crippen LogP contribution in [0.5, 0.6) is 0 Å². The van der Waals surface area contributed by atoms with Crippen molar-refractivity contribution < 1.29 is 4.79 Å². The first kappa shape index (κ1) is 24.7. The Morgan fingerprint density at radius 2 is 1.81 bits per heavy atom. The molecule has 1 saturated carbocycles. The van der Waals surface area contributed by atoms with Gasteiger partial charge in [-0.25, -0.2) is 0 Å². The molecule has 0 aliphatic heterocycles. The minimum absolute atomic E-state index is 0.453. The van der Waals surface area contributed by atoms with Crippen LogP contribution < -0.4 is 5.73 Å². The fraction of sp³-hybridized carbons (Fsp3) is 0.385. The number of primary amides is 1. The third-order valence-electron chi connectivity index (χ3n) is 5.55. The van der Waals surface area contributed by atoms with E-state index in [4.69, 9.17) is 17.3 Å². The number of aryl methyl sites for hydroxylation is 1. The van der Waals surface area contributed by atoms with Crippen molar-refractivity contribution in [2.24, 2.45) is 11.7 Å². The number of amides is 1. The highest BCUT2D eigenvalue weighted by atomic mass is 35.5. The van der Waals surface area contributed by atoms with Gasteiger partial charge >= 0.3 is 0 Å². The third-order valence-corrected chi connectivity index (χ3v) is 5.79. The SMILES string of the molecule is CC.Cc1cc(C2CCC(C)CC2)ccn1.NC(=O)c1c[nH]cc1-c1cccc(Cl)c1. The summed E-state index contributed by atoms with van der Waals surface area (Å²) < 4.78 is 0. The van der Waals surface area contributed by atoms with E-state index in [9.17, 15) is 4.79 Å². The van der Waals surface area contributed by atoms with E-state index in [0.717, 1.165) is 28.7 Å². The van der Waals surface area contributed by atoms with Crippen molar-refractivity contribution in [3.05, 3.63) is 76.8 Å². The van der Waals surface area contributed by atoms with Crippen molar-refractivity contribution in [1.82, 2.24) is 9.97 Å². The average Bonchev–Trinajstić information content (AvgIpc) is 3.27. The second-order valence-electron chi connectivity index (χ2n) is 7.84. The van der Waals surface area contributed by atoms with E-state index in [2.05, 4.69) is 35.9 Å². The first-order valence-corrected chi connectivity index (χ1v) is 11.5. The highest BCUT2D eigenvalue weighted by molar-refractivity contribution is 6.30. The Hall–Kier alpha value is -2.59. The normalized spacial score (nSPS) is 17.6. The number of carbonyl (C=O) groups excluding carboxylic acids is 1. The van der Waals surface area contributed by atoms with Crippen molar-refractivity contribution in [3.8, 4) is 11.1 Å². The molecular weight excluding hydrogens is 406 g/mol. The summed E-state index contributed by atoms with van der Waals surface area (Å²) in [5, 5.41) is 0.629. The van der Waals surface area contributed by atoms with E-state index in [-0.39, 0.29) is 0 Å². The first-order valence-electron chi connectivity index (χ1n) is 11.1. The smallest absolute Gasteiger partial charge is 0.250 e. The number of benzene rings is 1. The summed E-state index contributed by atoms with van der Waals surface area (Å²) >= 11 is 5.87. The van der Waals surface area contributed by atoms with Crippen LogP contribution in [0.2, 0.25) is 5.02 Å². The molecule has 0 radical (unpaired) electrons. The molecule has 5 heteroatoms. The van der Waals surface area contributed by atoms with Gasteiger partial charge in [0, 0.05) is 34.9 Å². The number of aromatic amines is 1. The van der Waals surface area contributed by atoms with Crippen LogP contribution in [0.1, 0.15) is 74.0 Å². The molecule has 4 nitrogen and oxygen atoms in total. The molecule has 1 aliphatic carbocycles. The Morgan fingerprint density at radius 1 is 1.10 bits per heavy atom. The van der Waals surface area contributed by atoms with E-state index >= 15 is 0 Å².